The van der Waals surface area contributed by atoms with Crippen molar-refractivity contribution in [2.24, 2.45) is 0 Å². The van der Waals surface area contributed by atoms with Crippen molar-refractivity contribution in [1.29, 1.82) is 0 Å². The predicted molar refractivity (Wildman–Crippen MR) is 97.3 cm³/mol. The van der Waals surface area contributed by atoms with Gasteiger partial charge >= 0.3 is 0 Å². The van der Waals surface area contributed by atoms with Crippen molar-refractivity contribution < 1.29 is 23.5 Å². The maximum Gasteiger partial charge on any atom is 0.251 e. The van der Waals surface area contributed by atoms with Gasteiger partial charge in [0, 0.05) is 32.1 Å². The predicted octanol–water partition coefficient (Wildman–Crippen LogP) is 2.38. The Labute approximate surface area is 156 Å². The number of ether oxygens (including phenoxy) is 2. The minimum Gasteiger partial charge on any atom is -0.454 e. The Bertz CT molecular complexity index is 840. The molecule has 2 amide bonds. The van der Waals surface area contributed by atoms with E-state index in [1.807, 2.05) is 0 Å². The molecule has 0 unspecified atom stereocenters. The van der Waals surface area contributed by atoms with Gasteiger partial charge in [0.1, 0.15) is 5.82 Å². The smallest absolute Gasteiger partial charge is 0.251 e. The van der Waals surface area contributed by atoms with Gasteiger partial charge in [-0.15, -0.1) is 0 Å². The molecule has 0 bridgehead atoms. The monoisotopic (exact) mass is 372 g/mol. The molecule has 27 heavy (non-hydrogen) atoms. The van der Waals surface area contributed by atoms with Crippen LogP contribution in [0.5, 0.6) is 11.5 Å². The second kappa shape index (κ2) is 8.53. The number of benzene rings is 2. The van der Waals surface area contributed by atoms with Crippen LogP contribution in [0, 0.1) is 5.82 Å². The first-order valence-corrected chi connectivity index (χ1v) is 8.71. The number of rotatable bonds is 7. The van der Waals surface area contributed by atoms with E-state index >= 15 is 0 Å². The molecule has 0 fully saturated rings. The number of hydrogen-bond donors (Lipinski definition) is 1. The molecule has 2 aromatic rings. The molecule has 0 aromatic heterocycles. The minimum atomic E-state index is -0.280. The molecule has 7 heteroatoms. The summed E-state index contributed by atoms with van der Waals surface area (Å²) in [6.45, 7) is 2.64. The summed E-state index contributed by atoms with van der Waals surface area (Å²) in [5.74, 6) is 0.493. The Morgan fingerprint density at radius 2 is 1.89 bits per heavy atom. The van der Waals surface area contributed by atoms with Gasteiger partial charge in [-0.2, -0.15) is 0 Å². The Balaban J connectivity index is 1.50. The quantitative estimate of drug-likeness (QED) is 0.810. The molecule has 0 atom stereocenters. The number of nitrogens with one attached hydrogen (secondary N) is 1. The number of hydrogen-bond acceptors (Lipinski definition) is 4. The highest BCUT2D eigenvalue weighted by Gasteiger charge is 2.16. The first-order chi connectivity index (χ1) is 13.0. The van der Waals surface area contributed by atoms with E-state index in [2.05, 4.69) is 5.32 Å². The molecular formula is C20H21FN2O4. The highest BCUT2D eigenvalue weighted by molar-refractivity contribution is 5.94. The van der Waals surface area contributed by atoms with Gasteiger partial charge < -0.3 is 19.7 Å². The van der Waals surface area contributed by atoms with Crippen LogP contribution in [0.3, 0.4) is 0 Å². The molecule has 0 saturated carbocycles. The molecule has 142 valence electrons. The third kappa shape index (κ3) is 4.75. The zero-order valence-electron chi connectivity index (χ0n) is 15.0. The van der Waals surface area contributed by atoms with E-state index < -0.39 is 0 Å². The van der Waals surface area contributed by atoms with Crippen LogP contribution in [0.4, 0.5) is 4.39 Å². The molecule has 3 rings (SSSR count). The lowest BCUT2D eigenvalue weighted by Crippen LogP contribution is -2.38. The Morgan fingerprint density at radius 3 is 2.67 bits per heavy atom. The molecule has 1 N–H and O–H groups in total. The van der Waals surface area contributed by atoms with E-state index in [1.165, 1.54) is 13.0 Å². The first kappa shape index (κ1) is 18.7. The van der Waals surface area contributed by atoms with Gasteiger partial charge in [0.05, 0.1) is 0 Å². The highest BCUT2D eigenvalue weighted by atomic mass is 19.1. The number of carbonyl (C=O) groups excluding carboxylic acids is 2. The summed E-state index contributed by atoms with van der Waals surface area (Å²) in [6.07, 6.45) is 0.419. The minimum absolute atomic E-state index is 0.122. The molecule has 0 saturated heterocycles. The van der Waals surface area contributed by atoms with E-state index in [1.54, 1.807) is 41.3 Å². The van der Waals surface area contributed by atoms with Gasteiger partial charge in [-0.05, 0) is 36.2 Å². The third-order valence-electron chi connectivity index (χ3n) is 4.36. The van der Waals surface area contributed by atoms with Gasteiger partial charge in [-0.1, -0.05) is 18.2 Å². The van der Waals surface area contributed by atoms with Gasteiger partial charge in [0.15, 0.2) is 11.5 Å². The molecule has 0 spiro atoms. The molecular weight excluding hydrogens is 351 g/mol. The van der Waals surface area contributed by atoms with Gasteiger partial charge in [-0.25, -0.2) is 4.39 Å². The van der Waals surface area contributed by atoms with Crippen LogP contribution < -0.4 is 14.8 Å². The van der Waals surface area contributed by atoms with E-state index in [-0.39, 0.29) is 24.4 Å². The van der Waals surface area contributed by atoms with Crippen molar-refractivity contribution >= 4 is 11.8 Å². The SMILES string of the molecule is CC(=O)N(CCNC(=O)c1ccc2c(c1)OCO2)CCc1ccccc1F. The zero-order valence-corrected chi connectivity index (χ0v) is 15.0. The number of carbonyl (C=O) groups is 2. The summed E-state index contributed by atoms with van der Waals surface area (Å²) in [7, 11) is 0. The Hall–Kier alpha value is -3.09. The summed E-state index contributed by atoms with van der Waals surface area (Å²) < 4.78 is 24.2. The normalized spacial score (nSPS) is 11.9. The third-order valence-corrected chi connectivity index (χ3v) is 4.36. The fraction of sp³-hybridized carbons (Fsp3) is 0.300. The largest absolute Gasteiger partial charge is 0.454 e. The second-order valence-electron chi connectivity index (χ2n) is 6.17. The number of fused-ring (bicyclic) bond motifs is 1. The lowest BCUT2D eigenvalue weighted by molar-refractivity contribution is -0.128. The van der Waals surface area contributed by atoms with Crippen LogP contribution in [0.25, 0.3) is 0 Å². The van der Waals surface area contributed by atoms with E-state index in [4.69, 9.17) is 9.47 Å². The topological polar surface area (TPSA) is 67.9 Å². The average molecular weight is 372 g/mol. The van der Waals surface area contributed by atoms with E-state index in [9.17, 15) is 14.0 Å². The van der Waals surface area contributed by atoms with Crippen molar-refractivity contribution in [2.45, 2.75) is 13.3 Å². The van der Waals surface area contributed by atoms with E-state index in [0.29, 0.717) is 48.7 Å². The first-order valence-electron chi connectivity index (χ1n) is 8.71. The Kier molecular flexibility index (Phi) is 5.90. The van der Waals surface area contributed by atoms with E-state index in [0.717, 1.165) is 0 Å². The number of halogens is 1. The molecule has 2 aromatic carbocycles. The lowest BCUT2D eigenvalue weighted by atomic mass is 10.1. The number of amides is 2. The zero-order chi connectivity index (χ0) is 19.2. The number of nitrogens with zero attached hydrogens (tertiary/aromatic N) is 1. The van der Waals surface area contributed by atoms with Crippen LogP contribution in [0.1, 0.15) is 22.8 Å². The van der Waals surface area contributed by atoms with Gasteiger partial charge in [0.2, 0.25) is 12.7 Å². The molecule has 0 radical (unpaired) electrons. The lowest BCUT2D eigenvalue weighted by Gasteiger charge is -2.21. The maximum absolute atomic E-state index is 13.7. The fourth-order valence-electron chi connectivity index (χ4n) is 2.83. The summed E-state index contributed by atoms with van der Waals surface area (Å²) in [5.41, 5.74) is 1.02. The summed E-state index contributed by atoms with van der Waals surface area (Å²) >= 11 is 0. The second-order valence-corrected chi connectivity index (χ2v) is 6.17. The van der Waals surface area contributed by atoms with Crippen LogP contribution in [-0.2, 0) is 11.2 Å². The molecule has 1 heterocycles. The molecule has 1 aliphatic heterocycles. The molecule has 6 nitrogen and oxygen atoms in total. The van der Waals surface area contributed by atoms with Crippen molar-refractivity contribution in [1.82, 2.24) is 10.2 Å². The Morgan fingerprint density at radius 1 is 1.11 bits per heavy atom. The van der Waals surface area contributed by atoms with Gasteiger partial charge in [0.25, 0.3) is 5.91 Å². The van der Waals surface area contributed by atoms with Crippen molar-refractivity contribution in [2.75, 3.05) is 26.4 Å². The van der Waals surface area contributed by atoms with Gasteiger partial charge in [-0.3, -0.25) is 9.59 Å². The van der Waals surface area contributed by atoms with Crippen LogP contribution >= 0.6 is 0 Å². The summed E-state index contributed by atoms with van der Waals surface area (Å²) in [5, 5.41) is 2.78. The summed E-state index contributed by atoms with van der Waals surface area (Å²) in [6, 6.07) is 11.5. The van der Waals surface area contributed by atoms with Crippen LogP contribution in [0.2, 0.25) is 0 Å². The van der Waals surface area contributed by atoms with Crippen LogP contribution in [-0.4, -0.2) is 43.1 Å². The van der Waals surface area contributed by atoms with Crippen molar-refractivity contribution in [3.8, 4) is 11.5 Å². The molecule has 0 aliphatic carbocycles. The van der Waals surface area contributed by atoms with Crippen molar-refractivity contribution in [3.63, 3.8) is 0 Å². The fourth-order valence-corrected chi connectivity index (χ4v) is 2.83. The molecule has 1 aliphatic rings. The van der Waals surface area contributed by atoms with Crippen LogP contribution in [0.15, 0.2) is 42.5 Å². The average Bonchev–Trinajstić information content (AvgIpc) is 3.13. The highest BCUT2D eigenvalue weighted by Crippen LogP contribution is 2.32. The maximum atomic E-state index is 13.7. The van der Waals surface area contributed by atoms with Crippen molar-refractivity contribution in [3.05, 3.63) is 59.4 Å². The standard InChI is InChI=1S/C20H21FN2O4/c1-14(24)23(10-8-15-4-2-3-5-17(15)21)11-9-22-20(25)16-6-7-18-19(12-16)27-13-26-18/h2-7,12H,8-11,13H2,1H3,(H,22,25). The summed E-state index contributed by atoms with van der Waals surface area (Å²) in [4.78, 5) is 25.7.